The van der Waals surface area contributed by atoms with Gasteiger partial charge in [0.2, 0.25) is 0 Å². The number of carbonyl (C=O) groups excluding carboxylic acids is 1. The Morgan fingerprint density at radius 3 is 2.94 bits per heavy atom. The second kappa shape index (κ2) is 6.50. The molecular weight excluding hydrogens is 322 g/mol. The Kier molecular flexibility index (Phi) is 5.56. The molecule has 0 saturated carbocycles. The Morgan fingerprint density at radius 1 is 1.56 bits per heavy atom. The summed E-state index contributed by atoms with van der Waals surface area (Å²) in [5.74, 6) is -0.510. The molecule has 1 N–H and O–H groups in total. The Bertz CT molecular complexity index is 444. The minimum atomic E-state index is -0.389. The second-order valence-corrected chi connectivity index (χ2v) is 5.08. The monoisotopic (exact) mass is 336 g/mol. The molecule has 2 rings (SSSR count). The molecule has 1 aliphatic heterocycles. The second-order valence-electron chi connectivity index (χ2n) is 4.23. The van der Waals surface area contributed by atoms with Gasteiger partial charge in [0.15, 0.2) is 0 Å². The van der Waals surface area contributed by atoms with Gasteiger partial charge in [-0.25, -0.2) is 4.39 Å². The lowest BCUT2D eigenvalue weighted by atomic mass is 10.1. The van der Waals surface area contributed by atoms with E-state index in [1.165, 1.54) is 12.1 Å². The van der Waals surface area contributed by atoms with Crippen LogP contribution in [0.1, 0.15) is 17.3 Å². The van der Waals surface area contributed by atoms with Gasteiger partial charge < -0.3 is 10.2 Å². The number of hydrogen-bond acceptors (Lipinski definition) is 2. The summed E-state index contributed by atoms with van der Waals surface area (Å²) >= 11 is 3.28. The van der Waals surface area contributed by atoms with Crippen LogP contribution < -0.4 is 5.32 Å². The smallest absolute Gasteiger partial charge is 0.255 e. The van der Waals surface area contributed by atoms with Gasteiger partial charge in [0.1, 0.15) is 5.82 Å². The first-order chi connectivity index (χ1) is 8.08. The highest BCUT2D eigenvalue weighted by molar-refractivity contribution is 9.10. The third-order valence-electron chi connectivity index (χ3n) is 2.81. The molecule has 0 aromatic heterocycles. The average Bonchev–Trinajstić information content (AvgIpc) is 2.31. The van der Waals surface area contributed by atoms with Gasteiger partial charge in [-0.15, -0.1) is 12.4 Å². The van der Waals surface area contributed by atoms with Gasteiger partial charge >= 0.3 is 0 Å². The average molecular weight is 338 g/mol. The van der Waals surface area contributed by atoms with Crippen LogP contribution in [0.2, 0.25) is 0 Å². The van der Waals surface area contributed by atoms with E-state index >= 15 is 0 Å². The standard InChI is InChI=1S/C12H14BrFN2O.ClH/c1-8-7-16(5-4-15-8)12(17)10-6-9(14)2-3-11(10)13;/h2-3,6,8,15H,4-5,7H2,1H3;1H. The van der Waals surface area contributed by atoms with Crippen LogP contribution in [0.25, 0.3) is 0 Å². The fourth-order valence-electron chi connectivity index (χ4n) is 1.95. The zero-order chi connectivity index (χ0) is 12.4. The maximum atomic E-state index is 13.1. The molecule has 1 saturated heterocycles. The van der Waals surface area contributed by atoms with Crippen molar-refractivity contribution in [3.05, 3.63) is 34.1 Å². The Labute approximate surface area is 120 Å². The maximum absolute atomic E-state index is 13.1. The number of nitrogens with one attached hydrogen (secondary N) is 1. The summed E-state index contributed by atoms with van der Waals surface area (Å²) < 4.78 is 13.8. The number of hydrogen-bond donors (Lipinski definition) is 1. The van der Waals surface area contributed by atoms with E-state index in [0.29, 0.717) is 23.1 Å². The Hall–Kier alpha value is -0.650. The van der Waals surface area contributed by atoms with Crippen LogP contribution in [0.4, 0.5) is 4.39 Å². The molecule has 6 heteroatoms. The predicted octanol–water partition coefficient (Wildman–Crippen LogP) is 2.44. The van der Waals surface area contributed by atoms with Crippen LogP contribution in [0.5, 0.6) is 0 Å². The Balaban J connectivity index is 0.00000162. The van der Waals surface area contributed by atoms with Gasteiger partial charge in [0.25, 0.3) is 5.91 Å². The molecule has 18 heavy (non-hydrogen) atoms. The minimum Gasteiger partial charge on any atom is -0.336 e. The van der Waals surface area contributed by atoms with E-state index in [4.69, 9.17) is 0 Å². The molecule has 1 unspecified atom stereocenters. The number of carbonyl (C=O) groups is 1. The van der Waals surface area contributed by atoms with Gasteiger partial charge in [0, 0.05) is 30.1 Å². The number of nitrogens with zero attached hydrogens (tertiary/aromatic N) is 1. The van der Waals surface area contributed by atoms with Crippen LogP contribution in [0.15, 0.2) is 22.7 Å². The van der Waals surface area contributed by atoms with Crippen LogP contribution in [-0.4, -0.2) is 36.5 Å². The van der Waals surface area contributed by atoms with Crippen molar-refractivity contribution < 1.29 is 9.18 Å². The van der Waals surface area contributed by atoms with E-state index in [1.54, 1.807) is 11.0 Å². The number of amides is 1. The van der Waals surface area contributed by atoms with E-state index in [2.05, 4.69) is 21.2 Å². The summed E-state index contributed by atoms with van der Waals surface area (Å²) in [6, 6.07) is 4.45. The fourth-order valence-corrected chi connectivity index (χ4v) is 2.36. The summed E-state index contributed by atoms with van der Waals surface area (Å²) in [4.78, 5) is 14.0. The van der Waals surface area contributed by atoms with Crippen molar-refractivity contribution in [3.8, 4) is 0 Å². The summed E-state index contributed by atoms with van der Waals surface area (Å²) in [6.07, 6.45) is 0. The SMILES string of the molecule is CC1CN(C(=O)c2cc(F)ccc2Br)CCN1.Cl. The van der Waals surface area contributed by atoms with Crippen molar-refractivity contribution in [2.24, 2.45) is 0 Å². The highest BCUT2D eigenvalue weighted by atomic mass is 79.9. The lowest BCUT2D eigenvalue weighted by Gasteiger charge is -2.32. The van der Waals surface area contributed by atoms with Gasteiger partial charge in [-0.2, -0.15) is 0 Å². The lowest BCUT2D eigenvalue weighted by molar-refractivity contribution is 0.0707. The third-order valence-corrected chi connectivity index (χ3v) is 3.51. The van der Waals surface area contributed by atoms with Gasteiger partial charge in [-0.3, -0.25) is 4.79 Å². The van der Waals surface area contributed by atoms with Crippen molar-refractivity contribution in [1.29, 1.82) is 0 Å². The molecule has 1 amide bonds. The van der Waals surface area contributed by atoms with Gasteiger partial charge in [0.05, 0.1) is 5.56 Å². The van der Waals surface area contributed by atoms with E-state index < -0.39 is 0 Å². The van der Waals surface area contributed by atoms with Crippen molar-refractivity contribution in [2.45, 2.75) is 13.0 Å². The molecule has 1 aromatic rings. The molecule has 1 aliphatic rings. The zero-order valence-corrected chi connectivity index (χ0v) is 12.4. The molecule has 1 atom stereocenters. The summed E-state index contributed by atoms with van der Waals surface area (Å²) in [6.45, 7) is 4.12. The van der Waals surface area contributed by atoms with E-state index in [-0.39, 0.29) is 30.2 Å². The molecule has 0 aliphatic carbocycles. The van der Waals surface area contributed by atoms with Crippen LogP contribution in [0.3, 0.4) is 0 Å². The minimum absolute atomic E-state index is 0. The first-order valence-corrected chi connectivity index (χ1v) is 6.35. The quantitative estimate of drug-likeness (QED) is 0.854. The topological polar surface area (TPSA) is 32.3 Å². The molecule has 1 aromatic carbocycles. The number of rotatable bonds is 1. The van der Waals surface area contributed by atoms with Crippen LogP contribution in [-0.2, 0) is 0 Å². The lowest BCUT2D eigenvalue weighted by Crippen LogP contribution is -2.51. The Morgan fingerprint density at radius 2 is 2.28 bits per heavy atom. The van der Waals surface area contributed by atoms with E-state index in [1.807, 2.05) is 6.92 Å². The van der Waals surface area contributed by atoms with E-state index in [0.717, 1.165) is 6.54 Å². The van der Waals surface area contributed by atoms with Crippen LogP contribution >= 0.6 is 28.3 Å². The van der Waals surface area contributed by atoms with Crippen molar-refractivity contribution in [2.75, 3.05) is 19.6 Å². The largest absolute Gasteiger partial charge is 0.336 e. The summed E-state index contributed by atoms with van der Waals surface area (Å²) in [7, 11) is 0. The normalized spacial score (nSPS) is 19.3. The van der Waals surface area contributed by atoms with Crippen molar-refractivity contribution in [3.63, 3.8) is 0 Å². The molecular formula is C12H15BrClFN2O. The number of piperazine rings is 1. The summed E-state index contributed by atoms with van der Waals surface area (Å²) in [5.41, 5.74) is 0.388. The molecule has 0 bridgehead atoms. The first kappa shape index (κ1) is 15.4. The van der Waals surface area contributed by atoms with E-state index in [9.17, 15) is 9.18 Å². The molecule has 0 radical (unpaired) electrons. The third kappa shape index (κ3) is 3.43. The highest BCUT2D eigenvalue weighted by Gasteiger charge is 2.23. The maximum Gasteiger partial charge on any atom is 0.255 e. The number of benzene rings is 1. The molecule has 0 spiro atoms. The predicted molar refractivity (Wildman–Crippen MR) is 74.7 cm³/mol. The fraction of sp³-hybridized carbons (Fsp3) is 0.417. The highest BCUT2D eigenvalue weighted by Crippen LogP contribution is 2.20. The molecule has 1 heterocycles. The van der Waals surface area contributed by atoms with Gasteiger partial charge in [-0.05, 0) is 41.1 Å². The van der Waals surface area contributed by atoms with Crippen molar-refractivity contribution >= 4 is 34.2 Å². The van der Waals surface area contributed by atoms with Gasteiger partial charge in [-0.1, -0.05) is 0 Å². The molecule has 3 nitrogen and oxygen atoms in total. The zero-order valence-electron chi connectivity index (χ0n) is 9.95. The van der Waals surface area contributed by atoms with Crippen LogP contribution in [0, 0.1) is 5.82 Å². The van der Waals surface area contributed by atoms with Crippen molar-refractivity contribution in [1.82, 2.24) is 10.2 Å². The molecule has 100 valence electrons. The molecule has 1 fully saturated rings. The number of halogens is 3. The first-order valence-electron chi connectivity index (χ1n) is 5.55. The summed E-state index contributed by atoms with van der Waals surface area (Å²) in [5, 5.41) is 3.26.